The first-order valence-corrected chi connectivity index (χ1v) is 5.29. The third-order valence-corrected chi connectivity index (χ3v) is 2.10. The molecule has 4 nitrogen and oxygen atoms in total. The predicted octanol–water partition coefficient (Wildman–Crippen LogP) is 0.922. The average molecular weight is 227 g/mol. The zero-order chi connectivity index (χ0) is 12.0. The molecule has 1 rings (SSSR count). The summed E-state index contributed by atoms with van der Waals surface area (Å²) in [6.45, 7) is 3.17. The summed E-state index contributed by atoms with van der Waals surface area (Å²) in [6, 6.07) is 4.59. The lowest BCUT2D eigenvalue weighted by atomic mass is 10.2. The van der Waals surface area contributed by atoms with Gasteiger partial charge in [0.25, 0.3) is 0 Å². The summed E-state index contributed by atoms with van der Waals surface area (Å²) >= 11 is 0. The minimum atomic E-state index is -0.381. The highest BCUT2D eigenvalue weighted by atomic mass is 19.1. The quantitative estimate of drug-likeness (QED) is 0.675. The van der Waals surface area contributed by atoms with Crippen molar-refractivity contribution in [3.05, 3.63) is 24.0 Å². The molecule has 0 heterocycles. The molecule has 0 aliphatic rings. The Morgan fingerprint density at radius 1 is 1.50 bits per heavy atom. The first-order chi connectivity index (χ1) is 7.67. The van der Waals surface area contributed by atoms with Crippen LogP contribution in [-0.2, 0) is 0 Å². The summed E-state index contributed by atoms with van der Waals surface area (Å²) in [6.07, 6.45) is 0. The second kappa shape index (κ2) is 6.30. The van der Waals surface area contributed by atoms with E-state index in [0.717, 1.165) is 0 Å². The first-order valence-electron chi connectivity index (χ1n) is 5.29. The highest BCUT2D eigenvalue weighted by Crippen LogP contribution is 2.20. The molecule has 0 bridgehead atoms. The number of anilines is 1. The molecule has 90 valence electrons. The van der Waals surface area contributed by atoms with E-state index in [0.29, 0.717) is 25.4 Å². The lowest BCUT2D eigenvalue weighted by Crippen LogP contribution is -2.36. The molecule has 0 fully saturated rings. The molecule has 1 aromatic carbocycles. The molecule has 1 atom stereocenters. The van der Waals surface area contributed by atoms with Crippen molar-refractivity contribution >= 4 is 5.69 Å². The number of hydrogen-bond acceptors (Lipinski definition) is 4. The Hall–Kier alpha value is -1.33. The van der Waals surface area contributed by atoms with Gasteiger partial charge in [-0.2, -0.15) is 0 Å². The molecule has 0 aliphatic carbocycles. The minimum absolute atomic E-state index is 0.130. The Morgan fingerprint density at radius 2 is 2.25 bits per heavy atom. The number of rotatable bonds is 6. The second-order valence-electron chi connectivity index (χ2n) is 3.45. The van der Waals surface area contributed by atoms with E-state index >= 15 is 0 Å². The van der Waals surface area contributed by atoms with Crippen LogP contribution in [0.3, 0.4) is 0 Å². The van der Waals surface area contributed by atoms with Gasteiger partial charge in [-0.3, -0.25) is 0 Å². The zero-order valence-electron chi connectivity index (χ0n) is 9.37. The smallest absolute Gasteiger partial charge is 0.167 e. The standard InChI is InChI=1S/C11H18FN3O/c1-2-16-11-4-3-9(5-10(11)12)15-7-8(14)6-13/h3-5,8,15H,2,6-7,13-14H2,1H3. The summed E-state index contributed by atoms with van der Waals surface area (Å²) < 4.78 is 18.5. The first kappa shape index (κ1) is 12.7. The monoisotopic (exact) mass is 227 g/mol. The van der Waals surface area contributed by atoms with E-state index in [1.165, 1.54) is 6.07 Å². The number of halogens is 1. The maximum atomic E-state index is 13.4. The SMILES string of the molecule is CCOc1ccc(NCC(N)CN)cc1F. The largest absolute Gasteiger partial charge is 0.491 e. The highest BCUT2D eigenvalue weighted by Gasteiger charge is 2.05. The molecule has 1 aromatic rings. The van der Waals surface area contributed by atoms with Gasteiger partial charge in [-0.05, 0) is 19.1 Å². The maximum Gasteiger partial charge on any atom is 0.167 e. The lowest BCUT2D eigenvalue weighted by Gasteiger charge is -2.12. The number of nitrogens with one attached hydrogen (secondary N) is 1. The van der Waals surface area contributed by atoms with Crippen LogP contribution >= 0.6 is 0 Å². The van der Waals surface area contributed by atoms with Crippen LogP contribution in [0.25, 0.3) is 0 Å². The lowest BCUT2D eigenvalue weighted by molar-refractivity contribution is 0.321. The van der Waals surface area contributed by atoms with E-state index < -0.39 is 0 Å². The van der Waals surface area contributed by atoms with Gasteiger partial charge in [0.15, 0.2) is 11.6 Å². The number of nitrogens with two attached hydrogens (primary N) is 2. The van der Waals surface area contributed by atoms with Crippen LogP contribution in [0.4, 0.5) is 10.1 Å². The Kier molecular flexibility index (Phi) is 5.01. The molecule has 1 unspecified atom stereocenters. The van der Waals surface area contributed by atoms with Crippen molar-refractivity contribution in [2.75, 3.05) is 25.0 Å². The van der Waals surface area contributed by atoms with E-state index in [4.69, 9.17) is 16.2 Å². The number of hydrogen-bond donors (Lipinski definition) is 3. The van der Waals surface area contributed by atoms with Crippen LogP contribution in [0.2, 0.25) is 0 Å². The molecule has 0 aromatic heterocycles. The van der Waals surface area contributed by atoms with Gasteiger partial charge >= 0.3 is 0 Å². The fourth-order valence-corrected chi connectivity index (χ4v) is 1.22. The fourth-order valence-electron chi connectivity index (χ4n) is 1.22. The third kappa shape index (κ3) is 3.67. The normalized spacial score (nSPS) is 12.2. The van der Waals surface area contributed by atoms with Gasteiger partial charge in [-0.25, -0.2) is 4.39 Å². The van der Waals surface area contributed by atoms with Crippen LogP contribution in [0.15, 0.2) is 18.2 Å². The van der Waals surface area contributed by atoms with Crippen LogP contribution in [0.5, 0.6) is 5.75 Å². The molecule has 5 N–H and O–H groups in total. The van der Waals surface area contributed by atoms with Gasteiger partial charge in [0.05, 0.1) is 6.61 Å². The van der Waals surface area contributed by atoms with Crippen molar-refractivity contribution in [3.8, 4) is 5.75 Å². The van der Waals surface area contributed by atoms with Crippen molar-refractivity contribution in [1.82, 2.24) is 0 Å². The molecule has 0 amide bonds. The van der Waals surface area contributed by atoms with Crippen molar-refractivity contribution in [2.45, 2.75) is 13.0 Å². The number of benzene rings is 1. The van der Waals surface area contributed by atoms with Crippen molar-refractivity contribution < 1.29 is 9.13 Å². The minimum Gasteiger partial charge on any atom is -0.491 e. The molecule has 0 spiro atoms. The molecule has 0 saturated heterocycles. The number of ether oxygens (including phenoxy) is 1. The van der Waals surface area contributed by atoms with Crippen LogP contribution in [0, 0.1) is 5.82 Å². The molecule has 16 heavy (non-hydrogen) atoms. The van der Waals surface area contributed by atoms with E-state index in [2.05, 4.69) is 5.32 Å². The van der Waals surface area contributed by atoms with Gasteiger partial charge < -0.3 is 21.5 Å². The van der Waals surface area contributed by atoms with Crippen LogP contribution in [0.1, 0.15) is 6.92 Å². The van der Waals surface area contributed by atoms with E-state index in [9.17, 15) is 4.39 Å². The molecular weight excluding hydrogens is 209 g/mol. The summed E-state index contributed by atoms with van der Waals surface area (Å²) in [4.78, 5) is 0. The summed E-state index contributed by atoms with van der Waals surface area (Å²) in [5, 5.41) is 3.00. The Morgan fingerprint density at radius 3 is 2.81 bits per heavy atom. The summed E-state index contributed by atoms with van der Waals surface area (Å²) in [5.41, 5.74) is 11.7. The van der Waals surface area contributed by atoms with E-state index in [1.807, 2.05) is 6.92 Å². The molecule has 0 radical (unpaired) electrons. The van der Waals surface area contributed by atoms with Crippen molar-refractivity contribution in [1.29, 1.82) is 0 Å². The van der Waals surface area contributed by atoms with E-state index in [-0.39, 0.29) is 17.6 Å². The van der Waals surface area contributed by atoms with E-state index in [1.54, 1.807) is 12.1 Å². The van der Waals surface area contributed by atoms with Crippen LogP contribution in [-0.4, -0.2) is 25.7 Å². The fraction of sp³-hybridized carbons (Fsp3) is 0.455. The topological polar surface area (TPSA) is 73.3 Å². The van der Waals surface area contributed by atoms with Gasteiger partial charge in [-0.15, -0.1) is 0 Å². The molecule has 0 saturated carbocycles. The van der Waals surface area contributed by atoms with Gasteiger partial charge in [0.1, 0.15) is 0 Å². The summed E-state index contributed by atoms with van der Waals surface area (Å²) in [7, 11) is 0. The van der Waals surface area contributed by atoms with Gasteiger partial charge in [-0.1, -0.05) is 0 Å². The Bertz CT molecular complexity index is 333. The second-order valence-corrected chi connectivity index (χ2v) is 3.45. The maximum absolute atomic E-state index is 13.4. The van der Waals surface area contributed by atoms with Crippen LogP contribution < -0.4 is 21.5 Å². The van der Waals surface area contributed by atoms with Crippen molar-refractivity contribution in [3.63, 3.8) is 0 Å². The zero-order valence-corrected chi connectivity index (χ0v) is 9.37. The van der Waals surface area contributed by atoms with Gasteiger partial charge in [0.2, 0.25) is 0 Å². The molecule has 5 heteroatoms. The average Bonchev–Trinajstić information content (AvgIpc) is 2.29. The molecule has 0 aliphatic heterocycles. The summed E-state index contributed by atoms with van der Waals surface area (Å²) in [5.74, 6) is -0.121. The third-order valence-electron chi connectivity index (χ3n) is 2.10. The highest BCUT2D eigenvalue weighted by molar-refractivity contribution is 5.47. The Labute approximate surface area is 94.8 Å². The van der Waals surface area contributed by atoms with Crippen molar-refractivity contribution in [2.24, 2.45) is 11.5 Å². The molecular formula is C11H18FN3O. The van der Waals surface area contributed by atoms with Gasteiger partial charge in [0, 0.05) is 30.9 Å². The Balaban J connectivity index is 2.59. The predicted molar refractivity (Wildman–Crippen MR) is 63.1 cm³/mol.